The summed E-state index contributed by atoms with van der Waals surface area (Å²) in [5.41, 5.74) is -0.633. The van der Waals surface area contributed by atoms with Gasteiger partial charge in [0, 0.05) is 12.8 Å². The van der Waals surface area contributed by atoms with E-state index in [1.807, 2.05) is 39.0 Å². The van der Waals surface area contributed by atoms with Crippen LogP contribution in [0.15, 0.2) is 24.3 Å². The minimum absolute atomic E-state index is 0.0821. The van der Waals surface area contributed by atoms with Gasteiger partial charge in [-0.05, 0) is 38.5 Å². The summed E-state index contributed by atoms with van der Waals surface area (Å²) in [6.45, 7) is 5.47. The van der Waals surface area contributed by atoms with Crippen molar-refractivity contribution < 1.29 is 19.1 Å². The Kier molecular flexibility index (Phi) is 3.59. The number of ether oxygens (including phenoxy) is 2. The molecule has 0 amide bonds. The molecule has 0 N–H and O–H groups in total. The van der Waals surface area contributed by atoms with Crippen LogP contribution in [0.2, 0.25) is 0 Å². The lowest BCUT2D eigenvalue weighted by atomic mass is 9.63. The first-order valence-electron chi connectivity index (χ1n) is 6.66. The second kappa shape index (κ2) is 4.93. The Labute approximate surface area is 119 Å². The molecule has 1 aliphatic rings. The normalized spacial score (nSPS) is 17.3. The van der Waals surface area contributed by atoms with E-state index in [1.165, 1.54) is 0 Å². The molecule has 0 aliphatic heterocycles. The number of ketones is 1. The average Bonchev–Trinajstić information content (AvgIpc) is 2.32. The predicted molar refractivity (Wildman–Crippen MR) is 74.8 cm³/mol. The van der Waals surface area contributed by atoms with Gasteiger partial charge in [-0.15, -0.1) is 0 Å². The van der Waals surface area contributed by atoms with Gasteiger partial charge in [-0.1, -0.05) is 12.1 Å². The molecule has 20 heavy (non-hydrogen) atoms. The molecule has 0 spiro atoms. The zero-order valence-corrected chi connectivity index (χ0v) is 12.4. The van der Waals surface area contributed by atoms with Crippen molar-refractivity contribution in [3.8, 4) is 5.75 Å². The molecule has 4 heteroatoms. The maximum absolute atomic E-state index is 12.5. The molecule has 0 atom stereocenters. The molecule has 2 rings (SSSR count). The van der Waals surface area contributed by atoms with Gasteiger partial charge in [-0.3, -0.25) is 9.59 Å². The number of hydrogen-bond donors (Lipinski definition) is 0. The van der Waals surface area contributed by atoms with Crippen molar-refractivity contribution in [2.45, 2.75) is 44.6 Å². The molecule has 0 unspecified atom stereocenters. The predicted octanol–water partition coefficient (Wildman–Crippen LogP) is 2.64. The van der Waals surface area contributed by atoms with Crippen LogP contribution in [0.25, 0.3) is 0 Å². The summed E-state index contributed by atoms with van der Waals surface area (Å²) in [4.78, 5) is 24.0. The van der Waals surface area contributed by atoms with Crippen molar-refractivity contribution in [3.05, 3.63) is 29.8 Å². The Hall–Kier alpha value is -1.84. The summed E-state index contributed by atoms with van der Waals surface area (Å²) in [5.74, 6) is 0.418. The standard InChI is InChI=1S/C16H20O4/c1-15(2,3)20-14(18)16(9-12(17)10-16)11-6-5-7-13(8-11)19-4/h5-8H,9-10H2,1-4H3. The number of esters is 1. The highest BCUT2D eigenvalue weighted by atomic mass is 16.6. The van der Waals surface area contributed by atoms with Crippen LogP contribution in [0.5, 0.6) is 5.75 Å². The molecule has 1 saturated carbocycles. The number of benzene rings is 1. The van der Waals surface area contributed by atoms with Crippen LogP contribution in [0.4, 0.5) is 0 Å². The van der Waals surface area contributed by atoms with Gasteiger partial charge in [0.25, 0.3) is 0 Å². The van der Waals surface area contributed by atoms with Crippen molar-refractivity contribution in [3.63, 3.8) is 0 Å². The van der Waals surface area contributed by atoms with Crippen molar-refractivity contribution in [1.29, 1.82) is 0 Å². The zero-order valence-electron chi connectivity index (χ0n) is 12.4. The number of Topliss-reactive ketones (excluding diaryl/α,β-unsaturated/α-hetero) is 1. The van der Waals surface area contributed by atoms with Crippen LogP contribution >= 0.6 is 0 Å². The fraction of sp³-hybridized carbons (Fsp3) is 0.500. The zero-order chi connectivity index (χ0) is 15.0. The molecule has 0 bridgehead atoms. The van der Waals surface area contributed by atoms with Crippen molar-refractivity contribution in [2.24, 2.45) is 0 Å². The third-order valence-corrected chi connectivity index (χ3v) is 3.41. The van der Waals surface area contributed by atoms with Gasteiger partial charge in [0.1, 0.15) is 22.5 Å². The van der Waals surface area contributed by atoms with E-state index in [0.29, 0.717) is 5.75 Å². The maximum Gasteiger partial charge on any atom is 0.317 e. The largest absolute Gasteiger partial charge is 0.497 e. The fourth-order valence-electron chi connectivity index (χ4n) is 2.38. The van der Waals surface area contributed by atoms with E-state index in [0.717, 1.165) is 5.56 Å². The van der Waals surface area contributed by atoms with Gasteiger partial charge in [-0.25, -0.2) is 0 Å². The molecular weight excluding hydrogens is 256 g/mol. The van der Waals surface area contributed by atoms with Gasteiger partial charge in [0.2, 0.25) is 0 Å². The molecule has 1 fully saturated rings. The molecule has 0 saturated heterocycles. The van der Waals surface area contributed by atoms with Crippen LogP contribution in [-0.2, 0) is 19.7 Å². The Morgan fingerprint density at radius 3 is 2.40 bits per heavy atom. The van der Waals surface area contributed by atoms with Crippen molar-refractivity contribution >= 4 is 11.8 Å². The van der Waals surface area contributed by atoms with Crippen LogP contribution in [0.1, 0.15) is 39.2 Å². The van der Waals surface area contributed by atoms with Crippen LogP contribution in [-0.4, -0.2) is 24.5 Å². The Balaban J connectivity index is 2.34. The first kappa shape index (κ1) is 14.6. The van der Waals surface area contributed by atoms with E-state index in [9.17, 15) is 9.59 Å². The Morgan fingerprint density at radius 2 is 1.90 bits per heavy atom. The average molecular weight is 276 g/mol. The van der Waals surface area contributed by atoms with Gasteiger partial charge < -0.3 is 9.47 Å². The van der Waals surface area contributed by atoms with Gasteiger partial charge in [0.15, 0.2) is 0 Å². The van der Waals surface area contributed by atoms with Gasteiger partial charge >= 0.3 is 5.97 Å². The van der Waals surface area contributed by atoms with Crippen LogP contribution < -0.4 is 4.74 Å². The monoisotopic (exact) mass is 276 g/mol. The van der Waals surface area contributed by atoms with E-state index in [2.05, 4.69) is 0 Å². The molecule has 0 aromatic heterocycles. The number of carbonyl (C=O) groups excluding carboxylic acids is 2. The number of carbonyl (C=O) groups is 2. The van der Waals surface area contributed by atoms with E-state index in [-0.39, 0.29) is 24.6 Å². The highest BCUT2D eigenvalue weighted by Crippen LogP contribution is 2.44. The SMILES string of the molecule is COc1cccc(C2(C(=O)OC(C)(C)C)CC(=O)C2)c1. The molecular formula is C16H20O4. The molecule has 1 aromatic rings. The third-order valence-electron chi connectivity index (χ3n) is 3.41. The van der Waals surface area contributed by atoms with E-state index in [4.69, 9.17) is 9.47 Å². The quantitative estimate of drug-likeness (QED) is 0.796. The maximum atomic E-state index is 12.5. The molecule has 1 aliphatic carbocycles. The molecule has 0 radical (unpaired) electrons. The van der Waals surface area contributed by atoms with E-state index < -0.39 is 11.0 Å². The lowest BCUT2D eigenvalue weighted by Crippen LogP contribution is -2.51. The number of methoxy groups -OCH3 is 1. The molecule has 108 valence electrons. The summed E-state index contributed by atoms with van der Waals surface area (Å²) >= 11 is 0. The second-order valence-corrected chi connectivity index (χ2v) is 6.21. The van der Waals surface area contributed by atoms with E-state index in [1.54, 1.807) is 13.2 Å². The lowest BCUT2D eigenvalue weighted by Gasteiger charge is -2.40. The molecule has 0 heterocycles. The topological polar surface area (TPSA) is 52.6 Å². The van der Waals surface area contributed by atoms with Crippen LogP contribution in [0, 0.1) is 0 Å². The number of hydrogen-bond acceptors (Lipinski definition) is 4. The third kappa shape index (κ3) is 2.69. The first-order valence-corrected chi connectivity index (χ1v) is 6.66. The summed E-state index contributed by atoms with van der Waals surface area (Å²) in [6, 6.07) is 7.28. The summed E-state index contributed by atoms with van der Waals surface area (Å²) in [5, 5.41) is 0. The minimum Gasteiger partial charge on any atom is -0.497 e. The highest BCUT2D eigenvalue weighted by Gasteiger charge is 2.53. The summed E-state index contributed by atoms with van der Waals surface area (Å²) in [7, 11) is 1.57. The molecule has 4 nitrogen and oxygen atoms in total. The lowest BCUT2D eigenvalue weighted by molar-refractivity contribution is -0.169. The smallest absolute Gasteiger partial charge is 0.317 e. The van der Waals surface area contributed by atoms with Gasteiger partial charge in [0.05, 0.1) is 7.11 Å². The minimum atomic E-state index is -0.848. The van der Waals surface area contributed by atoms with Gasteiger partial charge in [-0.2, -0.15) is 0 Å². The van der Waals surface area contributed by atoms with Crippen LogP contribution in [0.3, 0.4) is 0 Å². The summed E-state index contributed by atoms with van der Waals surface area (Å²) < 4.78 is 10.7. The van der Waals surface area contributed by atoms with E-state index >= 15 is 0 Å². The Morgan fingerprint density at radius 1 is 1.25 bits per heavy atom. The second-order valence-electron chi connectivity index (χ2n) is 6.21. The first-order chi connectivity index (χ1) is 9.27. The van der Waals surface area contributed by atoms with Crippen molar-refractivity contribution in [2.75, 3.05) is 7.11 Å². The highest BCUT2D eigenvalue weighted by molar-refractivity contribution is 6.02. The fourth-order valence-corrected chi connectivity index (χ4v) is 2.38. The summed E-state index contributed by atoms with van der Waals surface area (Å²) in [6.07, 6.45) is 0.407. The molecule has 1 aromatic carbocycles. The number of rotatable bonds is 3. The van der Waals surface area contributed by atoms with Crippen molar-refractivity contribution in [1.82, 2.24) is 0 Å². The Bertz CT molecular complexity index is 532.